The van der Waals surface area contributed by atoms with Crippen LogP contribution >= 0.6 is 0 Å². The lowest BCUT2D eigenvalue weighted by molar-refractivity contribution is -0.127. The molecule has 0 aromatic heterocycles. The van der Waals surface area contributed by atoms with Crippen molar-refractivity contribution >= 4 is 29.0 Å². The maximum absolute atomic E-state index is 13.1. The molecule has 3 amide bonds. The molecule has 1 aliphatic rings. The van der Waals surface area contributed by atoms with Crippen LogP contribution in [0.5, 0.6) is 11.5 Å². The van der Waals surface area contributed by atoms with Gasteiger partial charge in [0.25, 0.3) is 0 Å². The van der Waals surface area contributed by atoms with E-state index in [1.807, 2.05) is 43.9 Å². The summed E-state index contributed by atoms with van der Waals surface area (Å²) in [6, 6.07) is 12.3. The molecule has 0 saturated heterocycles. The first-order valence-electron chi connectivity index (χ1n) is 11.1. The van der Waals surface area contributed by atoms with E-state index < -0.39 is 11.4 Å². The highest BCUT2D eigenvalue weighted by Gasteiger charge is 2.37. The number of para-hydroxylation sites is 2. The van der Waals surface area contributed by atoms with Crippen LogP contribution in [0.1, 0.15) is 41.0 Å². The van der Waals surface area contributed by atoms with Crippen molar-refractivity contribution in [3.05, 3.63) is 42.5 Å². The molecule has 32 heavy (non-hydrogen) atoms. The van der Waals surface area contributed by atoms with Crippen molar-refractivity contribution in [1.29, 1.82) is 0 Å². The maximum atomic E-state index is 13.1. The lowest BCUT2D eigenvalue weighted by atomic mass is 9.92. The largest absolute Gasteiger partial charge is 0.492 e. The molecule has 0 unspecified atom stereocenters. The number of anilines is 3. The van der Waals surface area contributed by atoms with Crippen molar-refractivity contribution in [2.45, 2.75) is 41.0 Å². The molecule has 0 saturated carbocycles. The quantitative estimate of drug-likeness (QED) is 0.595. The van der Waals surface area contributed by atoms with Gasteiger partial charge in [0, 0.05) is 18.3 Å². The lowest BCUT2D eigenvalue weighted by Gasteiger charge is -2.28. The van der Waals surface area contributed by atoms with Crippen LogP contribution in [0.4, 0.5) is 21.9 Å². The van der Waals surface area contributed by atoms with Crippen LogP contribution in [0.25, 0.3) is 0 Å². The summed E-state index contributed by atoms with van der Waals surface area (Å²) in [5.41, 5.74) is 1.26. The second kappa shape index (κ2) is 9.94. The van der Waals surface area contributed by atoms with Gasteiger partial charge in [0.2, 0.25) is 5.91 Å². The molecule has 172 valence electrons. The number of urea groups is 1. The Morgan fingerprint density at radius 2 is 1.94 bits per heavy atom. The number of rotatable bonds is 7. The van der Waals surface area contributed by atoms with Crippen LogP contribution in [0, 0.1) is 11.3 Å². The summed E-state index contributed by atoms with van der Waals surface area (Å²) in [7, 11) is 0. The van der Waals surface area contributed by atoms with Gasteiger partial charge in [-0.1, -0.05) is 26.0 Å². The van der Waals surface area contributed by atoms with Crippen LogP contribution in [0.2, 0.25) is 0 Å². The number of hydrogen-bond donors (Lipinski definition) is 2. The van der Waals surface area contributed by atoms with Gasteiger partial charge in [0.15, 0.2) is 0 Å². The molecule has 2 aromatic carbocycles. The summed E-state index contributed by atoms with van der Waals surface area (Å²) in [6.07, 6.45) is 0.892. The van der Waals surface area contributed by atoms with Gasteiger partial charge >= 0.3 is 6.03 Å². The predicted molar refractivity (Wildman–Crippen MR) is 128 cm³/mol. The Labute approximate surface area is 190 Å². The summed E-state index contributed by atoms with van der Waals surface area (Å²) in [5.74, 6) is 1.71. The minimum atomic E-state index is -0.635. The first-order chi connectivity index (χ1) is 15.2. The maximum Gasteiger partial charge on any atom is 0.323 e. The van der Waals surface area contributed by atoms with E-state index in [0.717, 1.165) is 12.1 Å². The molecule has 1 aliphatic heterocycles. The third kappa shape index (κ3) is 5.52. The molecule has 2 aromatic rings. The molecular formula is C25H33N3O4. The summed E-state index contributed by atoms with van der Waals surface area (Å²) in [5, 5.41) is 5.66. The van der Waals surface area contributed by atoms with E-state index in [-0.39, 0.29) is 12.5 Å². The SMILES string of the molecule is CCOc1ccccc1NC(=O)Nc1ccc2c(c1)OCC(C)(C)C(=O)N2CCC(C)C. The van der Waals surface area contributed by atoms with E-state index in [9.17, 15) is 9.59 Å². The number of amides is 3. The zero-order valence-electron chi connectivity index (χ0n) is 19.5. The molecule has 0 radical (unpaired) electrons. The highest BCUT2D eigenvalue weighted by molar-refractivity contribution is 6.02. The molecule has 7 nitrogen and oxygen atoms in total. The first kappa shape index (κ1) is 23.4. The average molecular weight is 440 g/mol. The number of ether oxygens (including phenoxy) is 2. The summed E-state index contributed by atoms with van der Waals surface area (Å²) in [4.78, 5) is 27.5. The van der Waals surface area contributed by atoms with Crippen LogP contribution in [-0.4, -0.2) is 31.7 Å². The van der Waals surface area contributed by atoms with E-state index in [1.54, 1.807) is 24.3 Å². The van der Waals surface area contributed by atoms with Gasteiger partial charge in [0.05, 0.1) is 23.4 Å². The topological polar surface area (TPSA) is 79.9 Å². The number of nitrogens with zero attached hydrogens (tertiary/aromatic N) is 1. The van der Waals surface area contributed by atoms with Gasteiger partial charge in [-0.15, -0.1) is 0 Å². The number of benzene rings is 2. The number of fused-ring (bicyclic) bond motifs is 1. The van der Waals surface area contributed by atoms with Crippen molar-refractivity contribution in [3.8, 4) is 11.5 Å². The summed E-state index contributed by atoms with van der Waals surface area (Å²) in [6.45, 7) is 11.4. The molecule has 2 N–H and O–H groups in total. The van der Waals surface area contributed by atoms with Crippen LogP contribution in [0.15, 0.2) is 42.5 Å². The minimum Gasteiger partial charge on any atom is -0.492 e. The predicted octanol–water partition coefficient (Wildman–Crippen LogP) is 5.53. The highest BCUT2D eigenvalue weighted by Crippen LogP contribution is 2.38. The van der Waals surface area contributed by atoms with Gasteiger partial charge in [0.1, 0.15) is 18.1 Å². The fraction of sp³-hybridized carbons (Fsp3) is 0.440. The second-order valence-electron chi connectivity index (χ2n) is 9.00. The van der Waals surface area contributed by atoms with Crippen molar-refractivity contribution < 1.29 is 19.1 Å². The third-order valence-electron chi connectivity index (χ3n) is 5.29. The molecule has 0 bridgehead atoms. The van der Waals surface area contributed by atoms with Crippen molar-refractivity contribution in [3.63, 3.8) is 0 Å². The molecule has 0 fully saturated rings. The Morgan fingerprint density at radius 3 is 2.66 bits per heavy atom. The van der Waals surface area contributed by atoms with Gasteiger partial charge in [-0.05, 0) is 57.4 Å². The third-order valence-corrected chi connectivity index (χ3v) is 5.29. The first-order valence-corrected chi connectivity index (χ1v) is 11.1. The number of hydrogen-bond acceptors (Lipinski definition) is 4. The zero-order chi connectivity index (χ0) is 23.3. The molecule has 0 aliphatic carbocycles. The summed E-state index contributed by atoms with van der Waals surface area (Å²) >= 11 is 0. The fourth-order valence-electron chi connectivity index (χ4n) is 3.47. The smallest absolute Gasteiger partial charge is 0.323 e. The van der Waals surface area contributed by atoms with Crippen molar-refractivity contribution in [2.24, 2.45) is 11.3 Å². The Morgan fingerprint density at radius 1 is 1.19 bits per heavy atom. The molecule has 3 rings (SSSR count). The Hall–Kier alpha value is -3.22. The Balaban J connectivity index is 1.79. The van der Waals surface area contributed by atoms with Crippen LogP contribution < -0.4 is 25.0 Å². The number of carbonyl (C=O) groups is 2. The molecular weight excluding hydrogens is 406 g/mol. The van der Waals surface area contributed by atoms with E-state index in [2.05, 4.69) is 24.5 Å². The van der Waals surface area contributed by atoms with Gasteiger partial charge < -0.3 is 25.0 Å². The van der Waals surface area contributed by atoms with Crippen LogP contribution in [0.3, 0.4) is 0 Å². The Bertz CT molecular complexity index is 971. The summed E-state index contributed by atoms with van der Waals surface area (Å²) < 4.78 is 11.6. The van der Waals surface area contributed by atoms with E-state index in [1.165, 1.54) is 0 Å². The number of carbonyl (C=O) groups excluding carboxylic acids is 2. The van der Waals surface area contributed by atoms with Gasteiger partial charge in [-0.25, -0.2) is 4.79 Å². The van der Waals surface area contributed by atoms with Gasteiger partial charge in [-0.2, -0.15) is 0 Å². The number of nitrogens with one attached hydrogen (secondary N) is 2. The average Bonchev–Trinajstić information content (AvgIpc) is 2.83. The fourth-order valence-corrected chi connectivity index (χ4v) is 3.47. The second-order valence-corrected chi connectivity index (χ2v) is 9.00. The van der Waals surface area contributed by atoms with E-state index >= 15 is 0 Å². The van der Waals surface area contributed by atoms with Crippen molar-refractivity contribution in [1.82, 2.24) is 0 Å². The van der Waals surface area contributed by atoms with Crippen LogP contribution in [-0.2, 0) is 4.79 Å². The zero-order valence-corrected chi connectivity index (χ0v) is 19.5. The highest BCUT2D eigenvalue weighted by atomic mass is 16.5. The van der Waals surface area contributed by atoms with E-state index in [4.69, 9.17) is 9.47 Å². The minimum absolute atomic E-state index is 0.0443. The molecule has 1 heterocycles. The normalized spacial score (nSPS) is 14.9. The Kier molecular flexibility index (Phi) is 7.28. The lowest BCUT2D eigenvalue weighted by Crippen LogP contribution is -2.42. The molecule has 7 heteroatoms. The van der Waals surface area contributed by atoms with E-state index in [0.29, 0.717) is 41.9 Å². The van der Waals surface area contributed by atoms with Crippen molar-refractivity contribution in [2.75, 3.05) is 35.3 Å². The molecule has 0 atom stereocenters. The van der Waals surface area contributed by atoms with Gasteiger partial charge in [-0.3, -0.25) is 4.79 Å². The monoisotopic (exact) mass is 439 g/mol. The molecule has 0 spiro atoms. The standard InChI is InChI=1S/C25H33N3O4/c1-6-31-21-10-8-7-9-19(21)27-24(30)26-18-11-12-20-22(15-18)32-16-25(4,5)23(29)28(20)14-13-17(2)3/h7-12,15,17H,6,13-14,16H2,1-5H3,(H2,26,27,30).